The van der Waals surface area contributed by atoms with Crippen LogP contribution >= 0.6 is 0 Å². The number of hydrogen-bond donors (Lipinski definition) is 2. The lowest BCUT2D eigenvalue weighted by atomic mass is 10.1. The van der Waals surface area contributed by atoms with Gasteiger partial charge in [0.1, 0.15) is 24.1 Å². The first-order valence-corrected chi connectivity index (χ1v) is 11.6. The van der Waals surface area contributed by atoms with Crippen molar-refractivity contribution in [1.29, 1.82) is 0 Å². The Balaban J connectivity index is 1.32. The number of ether oxygens (including phenoxy) is 2. The molecule has 9 heteroatoms. The van der Waals surface area contributed by atoms with E-state index in [2.05, 4.69) is 15.8 Å². The predicted octanol–water partition coefficient (Wildman–Crippen LogP) is 5.29. The van der Waals surface area contributed by atoms with Crippen molar-refractivity contribution < 1.29 is 19.2 Å². The number of hydrogen-bond acceptors (Lipinski definition) is 7. The van der Waals surface area contributed by atoms with Gasteiger partial charge in [0, 0.05) is 23.4 Å². The molecule has 0 aliphatic carbocycles. The van der Waals surface area contributed by atoms with Gasteiger partial charge in [-0.15, -0.1) is 0 Å². The average Bonchev–Trinajstić information content (AvgIpc) is 2.92. The summed E-state index contributed by atoms with van der Waals surface area (Å²) in [7, 11) is 1.55. The Morgan fingerprint density at radius 3 is 2.51 bits per heavy atom. The summed E-state index contributed by atoms with van der Waals surface area (Å²) in [6.07, 6.45) is 1.53. The highest BCUT2D eigenvalue weighted by molar-refractivity contribution is 5.89. The number of methoxy groups -OCH3 is 1. The second-order valence-electron chi connectivity index (χ2n) is 8.27. The fourth-order valence-electron chi connectivity index (χ4n) is 3.65. The van der Waals surface area contributed by atoms with Gasteiger partial charge in [-0.2, -0.15) is 5.10 Å². The number of nitro groups is 1. The van der Waals surface area contributed by atoms with Crippen molar-refractivity contribution in [3.63, 3.8) is 0 Å². The van der Waals surface area contributed by atoms with Crippen LogP contribution in [0.3, 0.4) is 0 Å². The molecule has 0 fully saturated rings. The normalized spacial score (nSPS) is 11.7. The zero-order chi connectivity index (χ0) is 26.2. The van der Waals surface area contributed by atoms with Gasteiger partial charge in [0.25, 0.3) is 11.6 Å². The second kappa shape index (κ2) is 11.7. The van der Waals surface area contributed by atoms with Gasteiger partial charge in [0.05, 0.1) is 18.2 Å². The minimum Gasteiger partial charge on any atom is -0.496 e. The summed E-state index contributed by atoms with van der Waals surface area (Å²) in [6, 6.07) is 24.8. The van der Waals surface area contributed by atoms with E-state index in [1.807, 2.05) is 54.6 Å². The van der Waals surface area contributed by atoms with E-state index in [-0.39, 0.29) is 18.2 Å². The Morgan fingerprint density at radius 2 is 1.78 bits per heavy atom. The molecule has 2 N–H and O–H groups in total. The molecule has 0 spiro atoms. The van der Waals surface area contributed by atoms with E-state index >= 15 is 0 Å². The molecule has 0 saturated carbocycles. The minimum atomic E-state index is -0.494. The smallest absolute Gasteiger partial charge is 0.269 e. The highest BCUT2D eigenvalue weighted by atomic mass is 16.6. The standard InChI is InChI=1S/C28H26N4O5/c1-19(30-24-10-9-21-5-3-4-6-22(21)16-24)28(33)31-29-17-20-7-8-23(27(15-20)36-2)18-37-26-13-11-25(12-14-26)32(34)35/h3-17,19,30H,18H2,1-2H3,(H,31,33)/b29-17-/t19-/m0/s1. The fourth-order valence-corrected chi connectivity index (χ4v) is 3.65. The molecule has 0 aliphatic rings. The maximum atomic E-state index is 12.5. The first kappa shape index (κ1) is 25.2. The van der Waals surface area contributed by atoms with Crippen molar-refractivity contribution in [3.8, 4) is 11.5 Å². The zero-order valence-electron chi connectivity index (χ0n) is 20.4. The van der Waals surface area contributed by atoms with Crippen molar-refractivity contribution in [2.75, 3.05) is 12.4 Å². The number of nitrogens with one attached hydrogen (secondary N) is 2. The van der Waals surface area contributed by atoms with Gasteiger partial charge in [-0.3, -0.25) is 14.9 Å². The van der Waals surface area contributed by atoms with E-state index in [9.17, 15) is 14.9 Å². The number of amides is 1. The third kappa shape index (κ3) is 6.61. The number of rotatable bonds is 10. The Kier molecular flexibility index (Phi) is 7.95. The van der Waals surface area contributed by atoms with Crippen LogP contribution in [0, 0.1) is 10.1 Å². The SMILES string of the molecule is COc1cc(/C=N\NC(=O)[C@H](C)Nc2ccc3ccccc3c2)ccc1COc1ccc([N+](=O)[O-])cc1. The van der Waals surface area contributed by atoms with E-state index < -0.39 is 11.0 Å². The lowest BCUT2D eigenvalue weighted by Gasteiger charge is -2.14. The molecule has 9 nitrogen and oxygen atoms in total. The largest absolute Gasteiger partial charge is 0.496 e. The molecule has 1 amide bonds. The molecule has 0 unspecified atom stereocenters. The Bertz CT molecular complexity index is 1440. The van der Waals surface area contributed by atoms with Crippen molar-refractivity contribution in [2.45, 2.75) is 19.6 Å². The van der Waals surface area contributed by atoms with Crippen LogP contribution in [0.1, 0.15) is 18.1 Å². The van der Waals surface area contributed by atoms with Crippen LogP contribution in [0.2, 0.25) is 0 Å². The van der Waals surface area contributed by atoms with Crippen LogP contribution in [0.25, 0.3) is 10.8 Å². The van der Waals surface area contributed by atoms with Crippen molar-refractivity contribution in [1.82, 2.24) is 5.43 Å². The molecule has 1 atom stereocenters. The Morgan fingerprint density at radius 1 is 1.03 bits per heavy atom. The zero-order valence-corrected chi connectivity index (χ0v) is 20.4. The van der Waals surface area contributed by atoms with E-state index in [1.165, 1.54) is 18.3 Å². The van der Waals surface area contributed by atoms with Crippen molar-refractivity contribution >= 4 is 34.3 Å². The molecule has 0 saturated heterocycles. The van der Waals surface area contributed by atoms with Crippen LogP contribution in [0.4, 0.5) is 11.4 Å². The summed E-state index contributed by atoms with van der Waals surface area (Å²) in [5, 5.41) is 20.3. The molecule has 0 aromatic heterocycles. The molecule has 0 radical (unpaired) electrons. The van der Waals surface area contributed by atoms with Gasteiger partial charge >= 0.3 is 0 Å². The Labute approximate surface area is 213 Å². The predicted molar refractivity (Wildman–Crippen MR) is 143 cm³/mol. The summed E-state index contributed by atoms with van der Waals surface area (Å²) in [5.74, 6) is 0.820. The van der Waals surface area contributed by atoms with Gasteiger partial charge in [0.2, 0.25) is 0 Å². The number of fused-ring (bicyclic) bond motifs is 1. The highest BCUT2D eigenvalue weighted by Gasteiger charge is 2.12. The van der Waals surface area contributed by atoms with Gasteiger partial charge < -0.3 is 14.8 Å². The number of hydrazone groups is 1. The molecule has 188 valence electrons. The van der Waals surface area contributed by atoms with E-state index in [1.54, 1.807) is 32.2 Å². The molecule has 37 heavy (non-hydrogen) atoms. The molecule has 4 aromatic rings. The second-order valence-corrected chi connectivity index (χ2v) is 8.27. The summed E-state index contributed by atoms with van der Waals surface area (Å²) in [6.45, 7) is 1.98. The molecular formula is C28H26N4O5. The van der Waals surface area contributed by atoms with Crippen LogP contribution in [-0.2, 0) is 11.4 Å². The van der Waals surface area contributed by atoms with Gasteiger partial charge in [-0.05, 0) is 53.6 Å². The van der Waals surface area contributed by atoms with E-state index in [0.29, 0.717) is 11.5 Å². The van der Waals surface area contributed by atoms with Gasteiger partial charge in [-0.1, -0.05) is 42.5 Å². The Hall–Kier alpha value is -4.92. The molecular weight excluding hydrogens is 472 g/mol. The van der Waals surface area contributed by atoms with Crippen molar-refractivity contribution in [2.24, 2.45) is 5.10 Å². The fraction of sp³-hybridized carbons (Fsp3) is 0.143. The van der Waals surface area contributed by atoms with Crippen molar-refractivity contribution in [3.05, 3.63) is 106 Å². The molecule has 0 aliphatic heterocycles. The number of nitro benzene ring substituents is 1. The summed E-state index contributed by atoms with van der Waals surface area (Å²) in [5.41, 5.74) is 4.92. The summed E-state index contributed by atoms with van der Waals surface area (Å²) >= 11 is 0. The third-order valence-electron chi connectivity index (χ3n) is 5.67. The topological polar surface area (TPSA) is 115 Å². The number of non-ortho nitro benzene ring substituents is 1. The summed E-state index contributed by atoms with van der Waals surface area (Å²) < 4.78 is 11.2. The lowest BCUT2D eigenvalue weighted by Crippen LogP contribution is -2.34. The van der Waals surface area contributed by atoms with Crippen LogP contribution in [-0.4, -0.2) is 30.2 Å². The average molecular weight is 499 g/mol. The van der Waals surface area contributed by atoms with Gasteiger partial charge in [0.15, 0.2) is 0 Å². The van der Waals surface area contributed by atoms with Crippen LogP contribution in [0.5, 0.6) is 11.5 Å². The maximum Gasteiger partial charge on any atom is 0.269 e. The quantitative estimate of drug-likeness (QED) is 0.174. The molecule has 4 rings (SSSR count). The van der Waals surface area contributed by atoms with Gasteiger partial charge in [-0.25, -0.2) is 5.43 Å². The van der Waals surface area contributed by atoms with Crippen LogP contribution in [0.15, 0.2) is 90.0 Å². The summed E-state index contributed by atoms with van der Waals surface area (Å²) in [4.78, 5) is 22.8. The highest BCUT2D eigenvalue weighted by Crippen LogP contribution is 2.23. The number of carbonyl (C=O) groups is 1. The third-order valence-corrected chi connectivity index (χ3v) is 5.67. The number of benzene rings is 4. The monoisotopic (exact) mass is 498 g/mol. The van der Waals surface area contributed by atoms with Crippen LogP contribution < -0.4 is 20.2 Å². The van der Waals surface area contributed by atoms with E-state index in [0.717, 1.165) is 27.6 Å². The number of anilines is 1. The molecule has 0 heterocycles. The molecule has 0 bridgehead atoms. The minimum absolute atomic E-state index is 0.000441. The van der Waals surface area contributed by atoms with E-state index in [4.69, 9.17) is 9.47 Å². The number of nitrogens with zero attached hydrogens (tertiary/aromatic N) is 2. The maximum absolute atomic E-state index is 12.5. The lowest BCUT2D eigenvalue weighted by molar-refractivity contribution is -0.384. The first-order chi connectivity index (χ1) is 17.9. The number of carbonyl (C=O) groups excluding carboxylic acids is 1. The first-order valence-electron chi connectivity index (χ1n) is 11.6. The molecule has 4 aromatic carbocycles.